The molecule has 1 aliphatic rings. The van der Waals surface area contributed by atoms with Crippen LogP contribution in [0.1, 0.15) is 47.0 Å². The quantitative estimate of drug-likeness (QED) is 0.703. The standard InChI is InChI=1S/C13H21NO3/c1-5-9(2)10(15)8-14-11(16)6-13(3,4)7-12(14)17/h9H,5-8H2,1-4H3. The Morgan fingerprint density at radius 3 is 2.18 bits per heavy atom. The molecule has 0 aromatic carbocycles. The lowest BCUT2D eigenvalue weighted by molar-refractivity contribution is -0.155. The van der Waals surface area contributed by atoms with Gasteiger partial charge in [0, 0.05) is 18.8 Å². The molecule has 1 aliphatic heterocycles. The Balaban J connectivity index is 2.70. The lowest BCUT2D eigenvalue weighted by Gasteiger charge is -2.34. The Bertz CT molecular complexity index is 327. The van der Waals surface area contributed by atoms with Gasteiger partial charge in [0.1, 0.15) is 0 Å². The highest BCUT2D eigenvalue weighted by atomic mass is 16.2. The SMILES string of the molecule is CCC(C)C(=O)CN1C(=O)CC(C)(C)CC1=O. The van der Waals surface area contributed by atoms with E-state index in [4.69, 9.17) is 0 Å². The van der Waals surface area contributed by atoms with E-state index < -0.39 is 0 Å². The Morgan fingerprint density at radius 2 is 1.76 bits per heavy atom. The number of nitrogens with zero attached hydrogens (tertiary/aromatic N) is 1. The fourth-order valence-corrected chi connectivity index (χ4v) is 1.93. The molecule has 0 aromatic rings. The van der Waals surface area contributed by atoms with Gasteiger partial charge < -0.3 is 0 Å². The number of carbonyl (C=O) groups excluding carboxylic acids is 3. The van der Waals surface area contributed by atoms with Gasteiger partial charge in [0.15, 0.2) is 5.78 Å². The molecule has 96 valence electrons. The number of hydrogen-bond acceptors (Lipinski definition) is 3. The number of imide groups is 1. The topological polar surface area (TPSA) is 54.5 Å². The molecule has 0 aliphatic carbocycles. The van der Waals surface area contributed by atoms with Crippen LogP contribution < -0.4 is 0 Å². The predicted molar refractivity (Wildman–Crippen MR) is 64.2 cm³/mol. The Labute approximate surface area is 102 Å². The molecule has 1 fully saturated rings. The summed E-state index contributed by atoms with van der Waals surface area (Å²) in [4.78, 5) is 36.5. The number of piperidine rings is 1. The molecule has 17 heavy (non-hydrogen) atoms. The molecule has 0 aromatic heterocycles. The van der Waals surface area contributed by atoms with Gasteiger partial charge in [0.05, 0.1) is 6.54 Å². The molecular formula is C13H21NO3. The van der Waals surface area contributed by atoms with Crippen molar-refractivity contribution in [1.29, 1.82) is 0 Å². The van der Waals surface area contributed by atoms with E-state index in [0.717, 1.165) is 11.3 Å². The van der Waals surface area contributed by atoms with Gasteiger partial charge in [-0.25, -0.2) is 0 Å². The van der Waals surface area contributed by atoms with Gasteiger partial charge in [-0.2, -0.15) is 0 Å². The van der Waals surface area contributed by atoms with Crippen molar-refractivity contribution in [1.82, 2.24) is 4.90 Å². The zero-order valence-electron chi connectivity index (χ0n) is 11.1. The van der Waals surface area contributed by atoms with E-state index in [9.17, 15) is 14.4 Å². The van der Waals surface area contributed by atoms with Crippen molar-refractivity contribution < 1.29 is 14.4 Å². The number of likely N-dealkylation sites (tertiary alicyclic amines) is 1. The first kappa shape index (κ1) is 13.9. The zero-order chi connectivity index (χ0) is 13.2. The van der Waals surface area contributed by atoms with Crippen molar-refractivity contribution in [2.24, 2.45) is 11.3 Å². The van der Waals surface area contributed by atoms with Gasteiger partial charge in [-0.1, -0.05) is 27.7 Å². The predicted octanol–water partition coefficient (Wildman–Crippen LogP) is 1.78. The first-order chi connectivity index (χ1) is 7.76. The van der Waals surface area contributed by atoms with Crippen molar-refractivity contribution in [3.05, 3.63) is 0 Å². The number of Topliss-reactive ketones (excluding diaryl/α,β-unsaturated/α-hetero) is 1. The molecule has 1 heterocycles. The van der Waals surface area contributed by atoms with Crippen molar-refractivity contribution in [2.45, 2.75) is 47.0 Å². The Morgan fingerprint density at radius 1 is 1.29 bits per heavy atom. The third-order valence-electron chi connectivity index (χ3n) is 3.34. The number of carbonyl (C=O) groups is 3. The lowest BCUT2D eigenvalue weighted by atomic mass is 9.81. The molecule has 0 N–H and O–H groups in total. The van der Waals surface area contributed by atoms with Crippen LogP contribution in [0.25, 0.3) is 0 Å². The molecule has 0 spiro atoms. The monoisotopic (exact) mass is 239 g/mol. The maximum atomic E-state index is 11.8. The van der Waals surface area contributed by atoms with E-state index in [1.165, 1.54) is 0 Å². The largest absolute Gasteiger partial charge is 0.297 e. The first-order valence-electron chi connectivity index (χ1n) is 6.12. The smallest absolute Gasteiger partial charge is 0.230 e. The van der Waals surface area contributed by atoms with Crippen LogP contribution >= 0.6 is 0 Å². The summed E-state index contributed by atoms with van der Waals surface area (Å²) < 4.78 is 0. The maximum absolute atomic E-state index is 11.8. The average Bonchev–Trinajstić information content (AvgIpc) is 2.20. The van der Waals surface area contributed by atoms with Crippen LogP contribution in [-0.2, 0) is 14.4 Å². The van der Waals surface area contributed by atoms with Crippen LogP contribution in [-0.4, -0.2) is 29.0 Å². The molecule has 1 saturated heterocycles. The maximum Gasteiger partial charge on any atom is 0.230 e. The van der Waals surface area contributed by atoms with Gasteiger partial charge in [-0.3, -0.25) is 19.3 Å². The second-order valence-corrected chi connectivity index (χ2v) is 5.67. The molecule has 0 radical (unpaired) electrons. The molecule has 2 amide bonds. The summed E-state index contributed by atoms with van der Waals surface area (Å²) in [6.07, 6.45) is 1.42. The van der Waals surface area contributed by atoms with Crippen LogP contribution in [0.4, 0.5) is 0 Å². The van der Waals surface area contributed by atoms with Gasteiger partial charge >= 0.3 is 0 Å². The summed E-state index contributed by atoms with van der Waals surface area (Å²) in [6.45, 7) is 7.49. The van der Waals surface area contributed by atoms with E-state index in [1.807, 2.05) is 27.7 Å². The highest BCUT2D eigenvalue weighted by molar-refractivity contribution is 6.02. The highest BCUT2D eigenvalue weighted by Gasteiger charge is 2.38. The minimum Gasteiger partial charge on any atom is -0.297 e. The Kier molecular flexibility index (Phi) is 4.07. The van der Waals surface area contributed by atoms with Crippen molar-refractivity contribution in [3.8, 4) is 0 Å². The summed E-state index contributed by atoms with van der Waals surface area (Å²) >= 11 is 0. The fraction of sp³-hybridized carbons (Fsp3) is 0.769. The molecular weight excluding hydrogens is 218 g/mol. The number of rotatable bonds is 4. The zero-order valence-corrected chi connectivity index (χ0v) is 11.1. The summed E-state index contributed by atoms with van der Waals surface area (Å²) in [7, 11) is 0. The van der Waals surface area contributed by atoms with Crippen LogP contribution in [0.3, 0.4) is 0 Å². The van der Waals surface area contributed by atoms with Crippen LogP contribution in [0.15, 0.2) is 0 Å². The van der Waals surface area contributed by atoms with Crippen LogP contribution in [0.5, 0.6) is 0 Å². The van der Waals surface area contributed by atoms with E-state index >= 15 is 0 Å². The summed E-state index contributed by atoms with van der Waals surface area (Å²) in [5.41, 5.74) is -0.274. The number of hydrogen-bond donors (Lipinski definition) is 0. The molecule has 0 bridgehead atoms. The summed E-state index contributed by atoms with van der Waals surface area (Å²) in [6, 6.07) is 0. The van der Waals surface area contributed by atoms with Crippen LogP contribution in [0.2, 0.25) is 0 Å². The lowest BCUT2D eigenvalue weighted by Crippen LogP contribution is -2.48. The van der Waals surface area contributed by atoms with Crippen molar-refractivity contribution in [2.75, 3.05) is 6.54 Å². The molecule has 0 saturated carbocycles. The van der Waals surface area contributed by atoms with Gasteiger partial charge in [-0.15, -0.1) is 0 Å². The fourth-order valence-electron chi connectivity index (χ4n) is 1.93. The highest BCUT2D eigenvalue weighted by Crippen LogP contribution is 2.31. The Hall–Kier alpha value is -1.19. The molecule has 4 heteroatoms. The number of amides is 2. The van der Waals surface area contributed by atoms with Gasteiger partial charge in [-0.05, 0) is 11.8 Å². The second kappa shape index (κ2) is 4.98. The third kappa shape index (κ3) is 3.38. The second-order valence-electron chi connectivity index (χ2n) is 5.67. The van der Waals surface area contributed by atoms with E-state index in [2.05, 4.69) is 0 Å². The van der Waals surface area contributed by atoms with E-state index in [1.54, 1.807) is 0 Å². The molecule has 1 atom stereocenters. The third-order valence-corrected chi connectivity index (χ3v) is 3.34. The first-order valence-corrected chi connectivity index (χ1v) is 6.12. The summed E-state index contributed by atoms with van der Waals surface area (Å²) in [5, 5.41) is 0. The average molecular weight is 239 g/mol. The van der Waals surface area contributed by atoms with Gasteiger partial charge in [0.25, 0.3) is 0 Å². The minimum absolute atomic E-state index is 0.0334. The molecule has 1 rings (SSSR count). The molecule has 1 unspecified atom stereocenters. The van der Waals surface area contributed by atoms with E-state index in [0.29, 0.717) is 12.8 Å². The normalized spacial score (nSPS) is 21.5. The number of ketones is 1. The van der Waals surface area contributed by atoms with Gasteiger partial charge in [0.2, 0.25) is 11.8 Å². The minimum atomic E-state index is -0.274. The summed E-state index contributed by atoms with van der Waals surface area (Å²) in [5.74, 6) is -0.565. The van der Waals surface area contributed by atoms with Crippen molar-refractivity contribution in [3.63, 3.8) is 0 Å². The van der Waals surface area contributed by atoms with E-state index in [-0.39, 0.29) is 35.5 Å². The van der Waals surface area contributed by atoms with Crippen molar-refractivity contribution >= 4 is 17.6 Å². The van der Waals surface area contributed by atoms with Crippen LogP contribution in [0, 0.1) is 11.3 Å². The molecule has 4 nitrogen and oxygen atoms in total.